The third-order valence-corrected chi connectivity index (χ3v) is 3.18. The summed E-state index contributed by atoms with van der Waals surface area (Å²) in [5.41, 5.74) is 5.13. The highest BCUT2D eigenvalue weighted by atomic mass is 35.5. The van der Waals surface area contributed by atoms with Gasteiger partial charge >= 0.3 is 11.5 Å². The summed E-state index contributed by atoms with van der Waals surface area (Å²) in [5.74, 6) is -1.47. The first-order chi connectivity index (χ1) is 9.93. The van der Waals surface area contributed by atoms with Crippen LogP contribution in [0, 0.1) is 0 Å². The zero-order chi connectivity index (χ0) is 15.6. The molecular formula is C12H10Cl2N4O3. The van der Waals surface area contributed by atoms with Crippen molar-refractivity contribution in [2.24, 2.45) is 0 Å². The molecule has 0 saturated carbocycles. The number of nitrogens with zero attached hydrogens (tertiary/aromatic N) is 3. The Labute approximate surface area is 129 Å². The van der Waals surface area contributed by atoms with Crippen LogP contribution in [0.5, 0.6) is 0 Å². The Hall–Kier alpha value is -2.12. The van der Waals surface area contributed by atoms with Crippen LogP contribution in [-0.4, -0.2) is 27.3 Å². The van der Waals surface area contributed by atoms with E-state index in [0.717, 1.165) is 4.68 Å². The van der Waals surface area contributed by atoms with E-state index in [2.05, 4.69) is 10.1 Å². The molecule has 0 amide bonds. The Morgan fingerprint density at radius 2 is 2.10 bits per heavy atom. The summed E-state index contributed by atoms with van der Waals surface area (Å²) >= 11 is 11.7. The maximum atomic E-state index is 12.0. The van der Waals surface area contributed by atoms with Crippen LogP contribution in [0.3, 0.4) is 0 Å². The molecule has 2 N–H and O–H groups in total. The Kier molecular flexibility index (Phi) is 4.44. The molecule has 9 heteroatoms. The number of rotatable bonds is 3. The lowest BCUT2D eigenvalue weighted by atomic mass is 10.3. The summed E-state index contributed by atoms with van der Waals surface area (Å²) < 4.78 is 5.69. The Morgan fingerprint density at radius 3 is 2.71 bits per heavy atom. The quantitative estimate of drug-likeness (QED) is 0.860. The van der Waals surface area contributed by atoms with Crippen molar-refractivity contribution >= 4 is 35.0 Å². The first-order valence-electron chi connectivity index (χ1n) is 5.83. The van der Waals surface area contributed by atoms with E-state index in [9.17, 15) is 9.59 Å². The highest BCUT2D eigenvalue weighted by molar-refractivity contribution is 6.42. The number of esters is 1. The second-order valence-corrected chi connectivity index (χ2v) is 4.67. The van der Waals surface area contributed by atoms with Crippen molar-refractivity contribution in [1.82, 2.24) is 14.8 Å². The standard InChI is InChI=1S/C12H10Cl2N4O3/c1-2-21-12(20)10-16-9(15)11(19)18(17-10)6-3-4-7(13)8(14)5-6/h3-5H,2H2,1H3,(H2,15,16,17). The summed E-state index contributed by atoms with van der Waals surface area (Å²) in [5, 5.41) is 4.38. The molecule has 2 aromatic rings. The second-order valence-electron chi connectivity index (χ2n) is 3.86. The molecule has 2 rings (SSSR count). The van der Waals surface area contributed by atoms with Crippen LogP contribution in [-0.2, 0) is 4.74 Å². The number of hydrogen-bond donors (Lipinski definition) is 1. The number of carbonyl (C=O) groups is 1. The van der Waals surface area contributed by atoms with Crippen molar-refractivity contribution < 1.29 is 9.53 Å². The third-order valence-electron chi connectivity index (χ3n) is 2.44. The second kappa shape index (κ2) is 6.11. The van der Waals surface area contributed by atoms with Crippen LogP contribution in [0.4, 0.5) is 5.82 Å². The van der Waals surface area contributed by atoms with Crippen LogP contribution >= 0.6 is 23.2 Å². The summed E-state index contributed by atoms with van der Waals surface area (Å²) in [6, 6.07) is 4.43. The number of nitrogens with two attached hydrogens (primary N) is 1. The molecule has 1 heterocycles. The maximum Gasteiger partial charge on any atom is 0.378 e. The van der Waals surface area contributed by atoms with Gasteiger partial charge in [0.1, 0.15) is 0 Å². The van der Waals surface area contributed by atoms with E-state index >= 15 is 0 Å². The molecule has 0 saturated heterocycles. The predicted octanol–water partition coefficient (Wildman–Crippen LogP) is 1.69. The number of benzene rings is 1. The average molecular weight is 329 g/mol. The van der Waals surface area contributed by atoms with E-state index in [1.165, 1.54) is 18.2 Å². The molecule has 7 nitrogen and oxygen atoms in total. The van der Waals surface area contributed by atoms with Crippen molar-refractivity contribution in [3.05, 3.63) is 44.4 Å². The zero-order valence-corrected chi connectivity index (χ0v) is 12.4. The van der Waals surface area contributed by atoms with Gasteiger partial charge in [0.2, 0.25) is 0 Å². The number of anilines is 1. The topological polar surface area (TPSA) is 100 Å². The van der Waals surface area contributed by atoms with Gasteiger partial charge in [-0.2, -0.15) is 9.67 Å². The molecule has 21 heavy (non-hydrogen) atoms. The van der Waals surface area contributed by atoms with Gasteiger partial charge in [0, 0.05) is 0 Å². The fourth-order valence-corrected chi connectivity index (χ4v) is 1.80. The predicted molar refractivity (Wildman–Crippen MR) is 78.0 cm³/mol. The Balaban J connectivity index is 2.59. The summed E-state index contributed by atoms with van der Waals surface area (Å²) in [6.07, 6.45) is 0. The molecule has 1 aromatic carbocycles. The van der Waals surface area contributed by atoms with Gasteiger partial charge in [-0.1, -0.05) is 23.2 Å². The molecule has 0 unspecified atom stereocenters. The van der Waals surface area contributed by atoms with Gasteiger partial charge in [-0.25, -0.2) is 4.79 Å². The number of nitrogen functional groups attached to an aromatic ring is 1. The smallest absolute Gasteiger partial charge is 0.378 e. The average Bonchev–Trinajstić information content (AvgIpc) is 2.45. The molecule has 1 aromatic heterocycles. The Morgan fingerprint density at radius 1 is 1.38 bits per heavy atom. The maximum absolute atomic E-state index is 12.0. The van der Waals surface area contributed by atoms with Crippen LogP contribution < -0.4 is 11.3 Å². The first kappa shape index (κ1) is 15.3. The number of hydrogen-bond acceptors (Lipinski definition) is 6. The lowest BCUT2D eigenvalue weighted by Gasteiger charge is -2.08. The minimum absolute atomic E-state index is 0.147. The third kappa shape index (κ3) is 3.14. The number of carbonyl (C=O) groups excluding carboxylic acids is 1. The molecule has 0 bridgehead atoms. The van der Waals surface area contributed by atoms with Crippen LogP contribution in [0.2, 0.25) is 10.0 Å². The summed E-state index contributed by atoms with van der Waals surface area (Å²) in [4.78, 5) is 27.2. The minimum Gasteiger partial charge on any atom is -0.460 e. The molecule has 0 spiro atoms. The molecular weight excluding hydrogens is 319 g/mol. The van der Waals surface area contributed by atoms with E-state index in [-0.39, 0.29) is 23.3 Å². The highest BCUT2D eigenvalue weighted by Crippen LogP contribution is 2.23. The van der Waals surface area contributed by atoms with Crippen LogP contribution in [0.25, 0.3) is 5.69 Å². The van der Waals surface area contributed by atoms with Gasteiger partial charge in [-0.05, 0) is 25.1 Å². The van der Waals surface area contributed by atoms with E-state index in [1.807, 2.05) is 0 Å². The van der Waals surface area contributed by atoms with E-state index in [1.54, 1.807) is 6.92 Å². The lowest BCUT2D eigenvalue weighted by molar-refractivity contribution is 0.0509. The fraction of sp³-hybridized carbons (Fsp3) is 0.167. The summed E-state index contributed by atoms with van der Waals surface area (Å²) in [6.45, 7) is 1.78. The minimum atomic E-state index is -0.780. The van der Waals surface area contributed by atoms with Gasteiger partial charge in [0.25, 0.3) is 5.82 Å². The van der Waals surface area contributed by atoms with Crippen molar-refractivity contribution in [3.63, 3.8) is 0 Å². The SMILES string of the molecule is CCOC(=O)c1nc(N)c(=O)n(-c2ccc(Cl)c(Cl)c2)n1. The molecule has 0 fully saturated rings. The zero-order valence-electron chi connectivity index (χ0n) is 10.8. The first-order valence-corrected chi connectivity index (χ1v) is 6.59. The van der Waals surface area contributed by atoms with E-state index in [0.29, 0.717) is 10.7 Å². The van der Waals surface area contributed by atoms with Gasteiger partial charge in [-0.3, -0.25) is 4.79 Å². The van der Waals surface area contributed by atoms with Crippen molar-refractivity contribution in [3.8, 4) is 5.69 Å². The number of halogens is 2. The monoisotopic (exact) mass is 328 g/mol. The number of ether oxygens (including phenoxy) is 1. The lowest BCUT2D eigenvalue weighted by Crippen LogP contribution is -2.29. The van der Waals surface area contributed by atoms with E-state index in [4.69, 9.17) is 33.7 Å². The normalized spacial score (nSPS) is 10.4. The van der Waals surface area contributed by atoms with Crippen molar-refractivity contribution in [1.29, 1.82) is 0 Å². The largest absolute Gasteiger partial charge is 0.460 e. The Bertz CT molecular complexity index is 761. The van der Waals surface area contributed by atoms with E-state index < -0.39 is 11.5 Å². The van der Waals surface area contributed by atoms with Crippen LogP contribution in [0.15, 0.2) is 23.0 Å². The summed E-state index contributed by atoms with van der Waals surface area (Å²) in [7, 11) is 0. The van der Waals surface area contributed by atoms with Crippen molar-refractivity contribution in [2.45, 2.75) is 6.92 Å². The number of aromatic nitrogens is 3. The molecule has 0 aliphatic carbocycles. The van der Waals surface area contributed by atoms with Gasteiger partial charge in [0.15, 0.2) is 5.82 Å². The fourth-order valence-electron chi connectivity index (χ4n) is 1.51. The van der Waals surface area contributed by atoms with Crippen LogP contribution in [0.1, 0.15) is 17.5 Å². The van der Waals surface area contributed by atoms with Gasteiger partial charge in [0.05, 0.1) is 22.3 Å². The molecule has 0 aliphatic heterocycles. The highest BCUT2D eigenvalue weighted by Gasteiger charge is 2.16. The van der Waals surface area contributed by atoms with Gasteiger partial charge in [-0.15, -0.1) is 5.10 Å². The molecule has 0 radical (unpaired) electrons. The van der Waals surface area contributed by atoms with Crippen molar-refractivity contribution in [2.75, 3.05) is 12.3 Å². The van der Waals surface area contributed by atoms with Gasteiger partial charge < -0.3 is 10.5 Å². The molecule has 0 atom stereocenters. The molecule has 0 aliphatic rings. The molecule has 110 valence electrons.